The average Bonchev–Trinajstić information content (AvgIpc) is 2.61. The third kappa shape index (κ3) is 4.69. The molecule has 0 heterocycles. The Labute approximate surface area is 158 Å². The Morgan fingerprint density at radius 3 is 1.62 bits per heavy atom. The predicted molar refractivity (Wildman–Crippen MR) is 112 cm³/mol. The van der Waals surface area contributed by atoms with Crippen LogP contribution in [0.5, 0.6) is 0 Å². The van der Waals surface area contributed by atoms with Crippen molar-refractivity contribution in [2.45, 2.75) is 95.3 Å². The monoisotopic (exact) mass is 449 g/mol. The molecule has 1 unspecified atom stereocenters. The van der Waals surface area contributed by atoms with Crippen LogP contribution in [0.4, 0.5) is 0 Å². The van der Waals surface area contributed by atoms with Gasteiger partial charge in [0.15, 0.2) is 0 Å². The summed E-state index contributed by atoms with van der Waals surface area (Å²) in [4.78, 5) is 0. The molecule has 1 atom stereocenters. The fourth-order valence-corrected chi connectivity index (χ4v) is 31.8. The van der Waals surface area contributed by atoms with Gasteiger partial charge in [0.05, 0.1) is 0 Å². The number of hydrogen-bond donors (Lipinski definition) is 0. The van der Waals surface area contributed by atoms with Gasteiger partial charge in [-0.2, -0.15) is 0 Å². The molecule has 0 amide bonds. The fourth-order valence-electron chi connectivity index (χ4n) is 5.51. The van der Waals surface area contributed by atoms with Crippen molar-refractivity contribution in [3.05, 3.63) is 35.9 Å². The van der Waals surface area contributed by atoms with Gasteiger partial charge in [-0.1, -0.05) is 0 Å². The van der Waals surface area contributed by atoms with E-state index in [4.69, 9.17) is 0 Å². The molecule has 0 saturated heterocycles. The van der Waals surface area contributed by atoms with Crippen LogP contribution >= 0.6 is 0 Å². The summed E-state index contributed by atoms with van der Waals surface area (Å²) >= 11 is -1.53. The number of benzene rings is 1. The van der Waals surface area contributed by atoms with Gasteiger partial charge in [0.1, 0.15) is 0 Å². The van der Waals surface area contributed by atoms with Gasteiger partial charge in [0.25, 0.3) is 0 Å². The van der Waals surface area contributed by atoms with Crippen molar-refractivity contribution in [3.8, 4) is 0 Å². The molecule has 2 aliphatic rings. The zero-order valence-corrected chi connectivity index (χ0v) is 20.0. The summed E-state index contributed by atoms with van der Waals surface area (Å²) in [6, 6.07) is 11.8. The molecule has 2 saturated carbocycles. The van der Waals surface area contributed by atoms with E-state index >= 15 is 0 Å². The van der Waals surface area contributed by atoms with E-state index in [2.05, 4.69) is 50.0 Å². The van der Waals surface area contributed by atoms with Crippen LogP contribution in [0, 0.1) is 0 Å². The van der Waals surface area contributed by atoms with E-state index in [-0.39, 0.29) is 0 Å². The van der Waals surface area contributed by atoms with Crippen LogP contribution in [-0.4, -0.2) is 27.8 Å². The van der Waals surface area contributed by atoms with Crippen molar-refractivity contribution < 1.29 is 0 Å². The summed E-state index contributed by atoms with van der Waals surface area (Å²) in [6.45, 7) is 8.03. The Morgan fingerprint density at radius 2 is 1.21 bits per heavy atom. The van der Waals surface area contributed by atoms with Crippen molar-refractivity contribution in [1.29, 1.82) is 0 Å². The molecule has 1 aromatic carbocycles. The molecular formula is C22H37SiSn. The van der Waals surface area contributed by atoms with Gasteiger partial charge >= 0.3 is 159 Å². The van der Waals surface area contributed by atoms with Crippen LogP contribution in [0.25, 0.3) is 0 Å². The van der Waals surface area contributed by atoms with Crippen molar-refractivity contribution in [2.24, 2.45) is 0 Å². The SMILES string of the molecule is C[Si](C)(C)[CH](c1ccccc1)[Sn]([CH]1CCCCC1)[CH]1CCCCC1. The van der Waals surface area contributed by atoms with E-state index in [1.165, 1.54) is 46.4 Å². The van der Waals surface area contributed by atoms with Crippen LogP contribution in [0.2, 0.25) is 27.5 Å². The molecular weight excluding hydrogens is 411 g/mol. The second-order valence-electron chi connectivity index (χ2n) is 9.38. The van der Waals surface area contributed by atoms with Gasteiger partial charge in [-0.15, -0.1) is 0 Å². The molecule has 0 spiro atoms. The molecule has 0 aliphatic heterocycles. The van der Waals surface area contributed by atoms with E-state index in [0.717, 1.165) is 3.56 Å². The molecule has 1 radical (unpaired) electrons. The first kappa shape index (κ1) is 19.0. The van der Waals surface area contributed by atoms with Gasteiger partial charge < -0.3 is 0 Å². The second kappa shape index (κ2) is 8.75. The fraction of sp³-hybridized carbons (Fsp3) is 0.727. The van der Waals surface area contributed by atoms with Crippen LogP contribution in [0.15, 0.2) is 30.3 Å². The molecule has 24 heavy (non-hydrogen) atoms. The van der Waals surface area contributed by atoms with Crippen LogP contribution in [0.3, 0.4) is 0 Å². The van der Waals surface area contributed by atoms with E-state index in [0.29, 0.717) is 0 Å². The van der Waals surface area contributed by atoms with Crippen LogP contribution < -0.4 is 0 Å². The number of hydrogen-bond acceptors (Lipinski definition) is 0. The predicted octanol–water partition coefficient (Wildman–Crippen LogP) is 7.35. The minimum atomic E-state index is -1.53. The minimum absolute atomic E-state index is 1.05. The topological polar surface area (TPSA) is 0 Å². The molecule has 2 heteroatoms. The summed E-state index contributed by atoms with van der Waals surface area (Å²) in [6.07, 6.45) is 15.6. The molecule has 133 valence electrons. The molecule has 0 N–H and O–H groups in total. The Kier molecular flexibility index (Phi) is 6.93. The summed E-state index contributed by atoms with van der Waals surface area (Å²) in [7, 11) is -1.17. The Hall–Kier alpha value is 0.236. The molecule has 0 nitrogen and oxygen atoms in total. The second-order valence-corrected chi connectivity index (χ2v) is 25.5. The maximum absolute atomic E-state index is 2.68. The standard InChI is InChI=1S/C10H15Si.2C6H11.Sn/c1-11(2,3)9-10-7-5-4-6-8-10;2*1-2-4-6-5-3-1;/h4-9H,1-3H3;2*1H,2-6H2;. The quantitative estimate of drug-likeness (QED) is 0.413. The van der Waals surface area contributed by atoms with Gasteiger partial charge in [0.2, 0.25) is 0 Å². The van der Waals surface area contributed by atoms with Crippen LogP contribution in [0.1, 0.15) is 73.3 Å². The first-order chi connectivity index (χ1) is 11.6. The van der Waals surface area contributed by atoms with Crippen molar-refractivity contribution >= 4 is 27.8 Å². The Balaban J connectivity index is 1.95. The van der Waals surface area contributed by atoms with Gasteiger partial charge in [-0.05, 0) is 0 Å². The summed E-state index contributed by atoms with van der Waals surface area (Å²) in [5.41, 5.74) is 1.75. The Morgan fingerprint density at radius 1 is 0.750 bits per heavy atom. The molecule has 0 aromatic heterocycles. The third-order valence-electron chi connectivity index (χ3n) is 6.49. The first-order valence-electron chi connectivity index (χ1n) is 10.5. The van der Waals surface area contributed by atoms with Crippen molar-refractivity contribution in [1.82, 2.24) is 0 Å². The van der Waals surface area contributed by atoms with Crippen LogP contribution in [-0.2, 0) is 0 Å². The Bertz CT molecular complexity index is 462. The van der Waals surface area contributed by atoms with Gasteiger partial charge in [-0.25, -0.2) is 0 Å². The van der Waals surface area contributed by atoms with E-state index in [9.17, 15) is 0 Å². The van der Waals surface area contributed by atoms with Gasteiger partial charge in [0, 0.05) is 0 Å². The normalized spacial score (nSPS) is 22.7. The van der Waals surface area contributed by atoms with Crippen molar-refractivity contribution in [2.75, 3.05) is 0 Å². The zero-order chi connectivity index (χ0) is 17.0. The first-order valence-corrected chi connectivity index (χ1v) is 19.0. The van der Waals surface area contributed by atoms with Gasteiger partial charge in [-0.3, -0.25) is 0 Å². The molecule has 3 rings (SSSR count). The number of rotatable bonds is 5. The summed E-state index contributed by atoms with van der Waals surface area (Å²) in [5.74, 6) is 0. The van der Waals surface area contributed by atoms with E-state index in [1.54, 1.807) is 31.2 Å². The zero-order valence-electron chi connectivity index (χ0n) is 16.2. The van der Waals surface area contributed by atoms with Crippen molar-refractivity contribution in [3.63, 3.8) is 0 Å². The molecule has 1 aromatic rings. The maximum atomic E-state index is 2.68. The molecule has 2 fully saturated rings. The molecule has 0 bridgehead atoms. The average molecular weight is 448 g/mol. The van der Waals surface area contributed by atoms with E-state index < -0.39 is 27.8 Å². The van der Waals surface area contributed by atoms with E-state index in [1.807, 2.05) is 0 Å². The third-order valence-corrected chi connectivity index (χ3v) is 29.7. The summed E-state index contributed by atoms with van der Waals surface area (Å²) in [5, 5.41) is 0. The summed E-state index contributed by atoms with van der Waals surface area (Å²) < 4.78 is 3.44. The molecule has 2 aliphatic carbocycles.